The summed E-state index contributed by atoms with van der Waals surface area (Å²) >= 11 is 8.47. The summed E-state index contributed by atoms with van der Waals surface area (Å²) in [6.07, 6.45) is 34.7. The third kappa shape index (κ3) is 53.1. The normalized spacial score (nSPS) is 8.00. The number of H-pyrrole nitrogens is 2. The Balaban J connectivity index is 0.000000377. The van der Waals surface area contributed by atoms with E-state index >= 15 is 0 Å². The van der Waals surface area contributed by atoms with Gasteiger partial charge in [-0.3, -0.25) is 10.1 Å². The fraction of sp³-hybridized carbons (Fsp3) is 0. The van der Waals surface area contributed by atoms with Crippen LogP contribution in [0.3, 0.4) is 0 Å². The first-order valence-corrected chi connectivity index (χ1v) is 22.6. The van der Waals surface area contributed by atoms with Crippen molar-refractivity contribution in [3.63, 3.8) is 0 Å². The lowest BCUT2D eigenvalue weighted by atomic mass is 10.8. The van der Waals surface area contributed by atoms with Crippen LogP contribution in [0.5, 0.6) is 0 Å². The van der Waals surface area contributed by atoms with Crippen LogP contribution in [0, 0.1) is 0 Å². The molecule has 0 radical (unpaired) electrons. The molecule has 0 bridgehead atoms. The van der Waals surface area contributed by atoms with E-state index in [2.05, 4.69) is 156 Å². The number of aromatic amines is 2. The maximum Gasteiger partial charge on any atom is 0.213 e. The predicted octanol–water partition coefficient (Wildman–Crippen LogP) is 5.68. The lowest BCUT2D eigenvalue weighted by Crippen LogP contribution is -1.61. The minimum Gasteiger partial charge on any atom is -0.452 e. The summed E-state index contributed by atoms with van der Waals surface area (Å²) in [7, 11) is 0. The standard InChI is InChI=1S/2C3H3NO.2C3H3NS.2C2H3N3.4C2H2N2O.4C2H2N2S/c1-2-5-3-4-1;1-2-4-5-3-1;1-2-5-3-4-1;1-2-4-5-3-1;1-3-2-5-4-1;1-2-4-5-3-1;1-3-4-2-5-1;1-3-2-5-4-1;1-2-5-4-3-1;1-2-4-5-3-1;1-3-4-2-5-1;1-3-2-5-4-1;1-2-5-4-3-1;1-2-4-5-3-1/h4*1-3H;2*1-2H,(H,3,4,5);8*1-2H. The first-order valence-electron chi connectivity index (χ1n) is 17.5. The molecule has 364 valence electrons. The molecule has 0 saturated carbocycles. The number of nitrogens with one attached hydrogen (secondary N) is 2. The van der Waals surface area contributed by atoms with Gasteiger partial charge in [-0.1, -0.05) is 25.1 Å². The quantitative estimate of drug-likeness (QED) is 0.184. The molecule has 0 aliphatic rings. The number of oxazole rings is 1. The van der Waals surface area contributed by atoms with E-state index in [0.717, 1.165) is 0 Å². The minimum atomic E-state index is 1.21. The number of rotatable bonds is 0. The molecule has 0 spiro atoms. The molecule has 0 atom stereocenters. The highest BCUT2D eigenvalue weighted by Gasteiger charge is 1.66. The first-order chi connectivity index (χ1) is 35.0. The van der Waals surface area contributed by atoms with Crippen LogP contribution in [-0.4, -0.2) is 129 Å². The van der Waals surface area contributed by atoms with Gasteiger partial charge in [0.15, 0.2) is 12.7 Å². The largest absolute Gasteiger partial charge is 0.452 e. The molecule has 0 amide bonds. The third-order valence-electron chi connectivity index (χ3n) is 4.31. The molecule has 0 aliphatic carbocycles. The Morgan fingerprint density at radius 2 is 1.26 bits per heavy atom. The number of nitrogens with zero attached hydrogens (tertiary/aromatic N) is 24. The third-order valence-corrected chi connectivity index (χ3v) is 7.09. The van der Waals surface area contributed by atoms with E-state index in [1.807, 2.05) is 22.2 Å². The van der Waals surface area contributed by atoms with Crippen molar-refractivity contribution >= 4 is 69.0 Å². The lowest BCUT2D eigenvalue weighted by Gasteiger charge is -1.48. The second kappa shape index (κ2) is 55.9. The average molecular weight is 1070 g/mol. The second-order valence-corrected chi connectivity index (χ2v) is 12.7. The Labute approximate surface area is 417 Å². The van der Waals surface area contributed by atoms with Crippen molar-refractivity contribution < 1.29 is 27.0 Å². The van der Waals surface area contributed by atoms with Gasteiger partial charge in [-0.05, 0) is 46.7 Å². The van der Waals surface area contributed by atoms with Gasteiger partial charge in [0.1, 0.15) is 54.3 Å². The van der Waals surface area contributed by atoms with Gasteiger partial charge < -0.3 is 22.4 Å². The summed E-state index contributed by atoms with van der Waals surface area (Å²) in [5.74, 6) is 0. The number of hydrogen-bond donors (Lipinski definition) is 2. The van der Waals surface area contributed by atoms with E-state index in [0.29, 0.717) is 0 Å². The SMILES string of the molecule is c1cn[nH]n1.c1cnoc1.c1cnon1.c1cnsc1.c1cnsn1.c1cocn1.c1conn1.c1cscn1.c1csnn1.c1nc[nH]n1.c1ncon1.c1ncsn1.c1nnco1.c1nncs1. The zero-order valence-corrected chi connectivity index (χ0v) is 40.0. The fourth-order valence-electron chi connectivity index (χ4n) is 2.12. The Kier molecular flexibility index (Phi) is 46.9. The van der Waals surface area contributed by atoms with E-state index < -0.39 is 0 Å². The number of thiazole rings is 1. The molecule has 14 aromatic rings. The number of aromatic nitrogens is 26. The molecular weight excluding hydrogens is 1040 g/mol. The predicted molar refractivity (Wildman–Crippen MR) is 247 cm³/mol. The summed E-state index contributed by atoms with van der Waals surface area (Å²) in [5.41, 5.74) is 6.83. The molecule has 0 fully saturated rings. The molecule has 14 rings (SSSR count). The zero-order valence-electron chi connectivity index (χ0n) is 35.1. The summed E-state index contributed by atoms with van der Waals surface area (Å²) in [5, 5.41) is 57.5. The van der Waals surface area contributed by atoms with Gasteiger partial charge in [0.2, 0.25) is 19.2 Å². The second-order valence-electron chi connectivity index (χ2n) is 8.71. The minimum absolute atomic E-state index is 1.21. The smallest absolute Gasteiger partial charge is 0.213 e. The van der Waals surface area contributed by atoms with E-state index in [4.69, 9.17) is 0 Å². The van der Waals surface area contributed by atoms with Crippen molar-refractivity contribution in [2.75, 3.05) is 0 Å². The molecule has 70 heavy (non-hydrogen) atoms. The van der Waals surface area contributed by atoms with Gasteiger partial charge >= 0.3 is 0 Å². The Morgan fingerprint density at radius 3 is 1.46 bits per heavy atom. The lowest BCUT2D eigenvalue weighted by molar-refractivity contribution is 0.307. The molecule has 38 heteroatoms. The van der Waals surface area contributed by atoms with Crippen LogP contribution in [0.2, 0.25) is 0 Å². The van der Waals surface area contributed by atoms with Gasteiger partial charge in [-0.25, -0.2) is 28.9 Å². The molecule has 0 aromatic carbocycles. The molecule has 0 unspecified atom stereocenters. The van der Waals surface area contributed by atoms with Gasteiger partial charge in [0.05, 0.1) is 79.2 Å². The summed E-state index contributed by atoms with van der Waals surface area (Å²) in [6.45, 7) is 0. The molecule has 2 N–H and O–H groups in total. The van der Waals surface area contributed by atoms with Crippen LogP contribution in [0.15, 0.2) is 221 Å². The van der Waals surface area contributed by atoms with Crippen molar-refractivity contribution in [1.29, 1.82) is 0 Å². The van der Waals surface area contributed by atoms with Gasteiger partial charge in [0.25, 0.3) is 0 Å². The van der Waals surface area contributed by atoms with Crippen LogP contribution in [0.4, 0.5) is 0 Å². The van der Waals surface area contributed by atoms with Crippen LogP contribution < -0.4 is 0 Å². The first kappa shape index (κ1) is 58.8. The monoisotopic (exact) mass is 1070 g/mol. The maximum atomic E-state index is 4.47. The fourth-order valence-corrected chi connectivity index (χ4v) is 3.92. The maximum absolute atomic E-state index is 4.47. The molecule has 32 nitrogen and oxygen atoms in total. The Bertz CT molecular complexity index is 1610. The van der Waals surface area contributed by atoms with Crippen LogP contribution in [-0.2, 0) is 0 Å². The molecular formula is C32H34N26O6S6. The highest BCUT2D eigenvalue weighted by Crippen LogP contribution is 1.86. The van der Waals surface area contributed by atoms with E-state index in [9.17, 15) is 0 Å². The van der Waals surface area contributed by atoms with Crippen LogP contribution in [0.25, 0.3) is 0 Å². The van der Waals surface area contributed by atoms with Crippen molar-refractivity contribution in [2.24, 2.45) is 0 Å². The summed E-state index contributed by atoms with van der Waals surface area (Å²) < 4.78 is 43.9. The van der Waals surface area contributed by atoms with Gasteiger partial charge in [0, 0.05) is 33.8 Å². The van der Waals surface area contributed by atoms with Crippen molar-refractivity contribution in [3.05, 3.63) is 194 Å². The van der Waals surface area contributed by atoms with Crippen molar-refractivity contribution in [1.82, 2.24) is 129 Å². The Morgan fingerprint density at radius 1 is 0.400 bits per heavy atom. The van der Waals surface area contributed by atoms with E-state index in [1.165, 1.54) is 146 Å². The zero-order chi connectivity index (χ0) is 49.5. The number of hydrogen-bond acceptors (Lipinski definition) is 36. The van der Waals surface area contributed by atoms with Crippen LogP contribution in [0.1, 0.15) is 0 Å². The molecule has 0 aliphatic heterocycles. The summed E-state index contributed by atoms with van der Waals surface area (Å²) in [6, 6.07) is 3.63. The molecule has 14 heterocycles. The molecule has 14 aromatic heterocycles. The highest BCUT2D eigenvalue weighted by atomic mass is 32.1. The average Bonchev–Trinajstić information content (AvgIpc) is 4.33. The summed E-state index contributed by atoms with van der Waals surface area (Å²) in [4.78, 5) is 17.9. The van der Waals surface area contributed by atoms with Gasteiger partial charge in [-0.2, -0.15) is 33.6 Å². The highest BCUT2D eigenvalue weighted by molar-refractivity contribution is 7.07. The Hall–Kier alpha value is -9.24. The van der Waals surface area contributed by atoms with Crippen molar-refractivity contribution in [2.45, 2.75) is 0 Å². The van der Waals surface area contributed by atoms with Gasteiger partial charge in [-0.15, -0.1) is 53.3 Å². The van der Waals surface area contributed by atoms with E-state index in [1.54, 1.807) is 95.2 Å². The van der Waals surface area contributed by atoms with Crippen molar-refractivity contribution in [3.8, 4) is 0 Å². The van der Waals surface area contributed by atoms with E-state index in [-0.39, 0.29) is 0 Å². The topological polar surface area (TPSA) is 420 Å². The van der Waals surface area contributed by atoms with Crippen LogP contribution >= 0.6 is 69.0 Å². The molecule has 0 saturated heterocycles.